The molecular weight excluding hydrogens is 276 g/mol. The van der Waals surface area contributed by atoms with Crippen molar-refractivity contribution in [2.24, 2.45) is 0 Å². The van der Waals surface area contributed by atoms with Crippen LogP contribution in [0.5, 0.6) is 5.75 Å². The van der Waals surface area contributed by atoms with Crippen LogP contribution in [-0.2, 0) is 4.79 Å². The fourth-order valence-electron chi connectivity index (χ4n) is 2.40. The Labute approximate surface area is 125 Å². The first-order valence-electron chi connectivity index (χ1n) is 6.83. The van der Waals surface area contributed by atoms with Crippen molar-refractivity contribution in [3.8, 4) is 5.75 Å². The minimum absolute atomic E-state index is 0.0128. The van der Waals surface area contributed by atoms with E-state index in [-0.39, 0.29) is 11.9 Å². The third kappa shape index (κ3) is 3.44. The van der Waals surface area contributed by atoms with Crippen molar-refractivity contribution in [3.63, 3.8) is 0 Å². The molecule has 1 amide bonds. The summed E-state index contributed by atoms with van der Waals surface area (Å²) >= 11 is 5.84. The third-order valence-electron chi connectivity index (χ3n) is 3.60. The standard InChI is InChI=1S/C15H21ClN2O2/c1-15(2,20-13-6-4-11(16)5-7-13)14(19)18(3)12-8-9-17-10-12/h4-7,12,17H,8-10H2,1-3H3. The molecule has 1 N–H and O–H groups in total. The Bertz CT molecular complexity index is 467. The van der Waals surface area contributed by atoms with Gasteiger partial charge in [0.15, 0.2) is 5.60 Å². The molecule has 0 bridgehead atoms. The van der Waals surface area contributed by atoms with Crippen molar-refractivity contribution >= 4 is 17.5 Å². The Morgan fingerprint density at radius 3 is 2.60 bits per heavy atom. The highest BCUT2D eigenvalue weighted by molar-refractivity contribution is 6.30. The van der Waals surface area contributed by atoms with Gasteiger partial charge >= 0.3 is 0 Å². The smallest absolute Gasteiger partial charge is 0.266 e. The van der Waals surface area contributed by atoms with Gasteiger partial charge in [-0.25, -0.2) is 0 Å². The lowest BCUT2D eigenvalue weighted by Crippen LogP contribution is -2.51. The number of amides is 1. The summed E-state index contributed by atoms with van der Waals surface area (Å²) in [7, 11) is 1.84. The molecule has 2 rings (SSSR count). The van der Waals surface area contributed by atoms with E-state index in [1.165, 1.54) is 0 Å². The van der Waals surface area contributed by atoms with E-state index < -0.39 is 5.60 Å². The molecule has 1 aliphatic rings. The zero-order valence-electron chi connectivity index (χ0n) is 12.1. The van der Waals surface area contributed by atoms with E-state index in [1.54, 1.807) is 43.0 Å². The van der Waals surface area contributed by atoms with Gasteiger partial charge in [0.2, 0.25) is 0 Å². The summed E-state index contributed by atoms with van der Waals surface area (Å²) < 4.78 is 5.83. The monoisotopic (exact) mass is 296 g/mol. The molecule has 1 unspecified atom stereocenters. The first-order valence-corrected chi connectivity index (χ1v) is 7.20. The molecule has 0 aromatic heterocycles. The van der Waals surface area contributed by atoms with Crippen LogP contribution in [0.4, 0.5) is 0 Å². The summed E-state index contributed by atoms with van der Waals surface area (Å²) in [6.07, 6.45) is 0.985. The molecular formula is C15H21ClN2O2. The van der Waals surface area contributed by atoms with Crippen LogP contribution in [0.25, 0.3) is 0 Å². The van der Waals surface area contributed by atoms with Crippen LogP contribution in [0.3, 0.4) is 0 Å². The van der Waals surface area contributed by atoms with Crippen LogP contribution in [-0.4, -0.2) is 42.6 Å². The van der Waals surface area contributed by atoms with Gasteiger partial charge in [-0.15, -0.1) is 0 Å². The predicted molar refractivity (Wildman–Crippen MR) is 80.2 cm³/mol. The Hall–Kier alpha value is -1.26. The summed E-state index contributed by atoms with van der Waals surface area (Å²) in [4.78, 5) is 14.4. The van der Waals surface area contributed by atoms with Crippen molar-refractivity contribution in [3.05, 3.63) is 29.3 Å². The molecule has 1 atom stereocenters. The first kappa shape index (κ1) is 15.1. The molecule has 1 aliphatic heterocycles. The van der Waals surface area contributed by atoms with Crippen molar-refractivity contribution in [1.29, 1.82) is 0 Å². The lowest BCUT2D eigenvalue weighted by atomic mass is 10.1. The van der Waals surface area contributed by atoms with E-state index >= 15 is 0 Å². The molecule has 1 saturated heterocycles. The van der Waals surface area contributed by atoms with Crippen molar-refractivity contribution < 1.29 is 9.53 Å². The second-order valence-electron chi connectivity index (χ2n) is 5.63. The number of benzene rings is 1. The van der Waals surface area contributed by atoms with Gasteiger partial charge in [-0.3, -0.25) is 4.79 Å². The van der Waals surface area contributed by atoms with Crippen LogP contribution < -0.4 is 10.1 Å². The average Bonchev–Trinajstić information content (AvgIpc) is 2.93. The van der Waals surface area contributed by atoms with E-state index in [1.807, 2.05) is 7.05 Å². The quantitative estimate of drug-likeness (QED) is 0.927. The van der Waals surface area contributed by atoms with Crippen molar-refractivity contribution in [2.45, 2.75) is 31.9 Å². The molecule has 0 saturated carbocycles. The lowest BCUT2D eigenvalue weighted by molar-refractivity contribution is -0.145. The Morgan fingerprint density at radius 1 is 1.40 bits per heavy atom. The van der Waals surface area contributed by atoms with Crippen LogP contribution in [0.15, 0.2) is 24.3 Å². The van der Waals surface area contributed by atoms with E-state index in [9.17, 15) is 4.79 Å². The highest BCUT2D eigenvalue weighted by atomic mass is 35.5. The van der Waals surface area contributed by atoms with Gasteiger partial charge in [-0.2, -0.15) is 0 Å². The molecule has 1 aromatic rings. The molecule has 1 aromatic carbocycles. The minimum atomic E-state index is -0.898. The molecule has 110 valence electrons. The Balaban J connectivity index is 2.04. The van der Waals surface area contributed by atoms with Gasteiger partial charge in [0.25, 0.3) is 5.91 Å². The fourth-order valence-corrected chi connectivity index (χ4v) is 2.53. The number of hydrogen-bond acceptors (Lipinski definition) is 3. The maximum atomic E-state index is 12.6. The largest absolute Gasteiger partial charge is 0.478 e. The van der Waals surface area contributed by atoms with E-state index in [2.05, 4.69) is 5.32 Å². The summed E-state index contributed by atoms with van der Waals surface area (Å²) in [6, 6.07) is 7.29. The zero-order chi connectivity index (χ0) is 14.8. The van der Waals surface area contributed by atoms with Gasteiger partial charge in [0.1, 0.15) is 5.75 Å². The summed E-state index contributed by atoms with van der Waals surface area (Å²) in [5.74, 6) is 0.631. The van der Waals surface area contributed by atoms with E-state index in [0.29, 0.717) is 10.8 Å². The van der Waals surface area contributed by atoms with Crippen molar-refractivity contribution in [1.82, 2.24) is 10.2 Å². The Kier molecular flexibility index (Phi) is 4.55. The van der Waals surface area contributed by atoms with Crippen LogP contribution >= 0.6 is 11.6 Å². The third-order valence-corrected chi connectivity index (χ3v) is 3.86. The first-order chi connectivity index (χ1) is 9.40. The summed E-state index contributed by atoms with van der Waals surface area (Å²) in [5, 5.41) is 3.91. The van der Waals surface area contributed by atoms with Crippen LogP contribution in [0, 0.1) is 0 Å². The highest BCUT2D eigenvalue weighted by Gasteiger charge is 2.36. The topological polar surface area (TPSA) is 41.6 Å². The van der Waals surface area contributed by atoms with Crippen LogP contribution in [0.2, 0.25) is 5.02 Å². The number of carbonyl (C=O) groups is 1. The molecule has 1 heterocycles. The van der Waals surface area contributed by atoms with Gasteiger partial charge in [-0.1, -0.05) is 11.6 Å². The number of halogens is 1. The fraction of sp³-hybridized carbons (Fsp3) is 0.533. The SMILES string of the molecule is CN(C(=O)C(C)(C)Oc1ccc(Cl)cc1)C1CCNC1. The maximum absolute atomic E-state index is 12.6. The van der Waals surface area contributed by atoms with Gasteiger partial charge in [0.05, 0.1) is 0 Å². The second-order valence-corrected chi connectivity index (χ2v) is 6.07. The molecule has 20 heavy (non-hydrogen) atoms. The molecule has 0 aliphatic carbocycles. The number of nitrogens with one attached hydrogen (secondary N) is 1. The summed E-state index contributed by atoms with van der Waals surface area (Å²) in [6.45, 7) is 5.39. The average molecular weight is 297 g/mol. The number of hydrogen-bond donors (Lipinski definition) is 1. The second kappa shape index (κ2) is 6.02. The van der Waals surface area contributed by atoms with Gasteiger partial charge in [-0.05, 0) is 51.1 Å². The van der Waals surface area contributed by atoms with E-state index in [4.69, 9.17) is 16.3 Å². The summed E-state index contributed by atoms with van der Waals surface area (Å²) in [5.41, 5.74) is -0.898. The molecule has 5 heteroatoms. The number of ether oxygens (including phenoxy) is 1. The highest BCUT2D eigenvalue weighted by Crippen LogP contribution is 2.23. The van der Waals surface area contributed by atoms with Gasteiger partial charge < -0.3 is 15.0 Å². The van der Waals surface area contributed by atoms with Gasteiger partial charge in [0, 0.05) is 24.7 Å². The van der Waals surface area contributed by atoms with E-state index in [0.717, 1.165) is 19.5 Å². The number of nitrogens with zero attached hydrogens (tertiary/aromatic N) is 1. The zero-order valence-corrected chi connectivity index (χ0v) is 12.9. The predicted octanol–water partition coefficient (Wildman–Crippen LogP) is 2.32. The normalized spacial score (nSPS) is 18.9. The lowest BCUT2D eigenvalue weighted by Gasteiger charge is -2.33. The molecule has 0 spiro atoms. The van der Waals surface area contributed by atoms with Crippen LogP contribution in [0.1, 0.15) is 20.3 Å². The minimum Gasteiger partial charge on any atom is -0.478 e. The maximum Gasteiger partial charge on any atom is 0.266 e. The number of likely N-dealkylation sites (N-methyl/N-ethyl adjacent to an activating group) is 1. The molecule has 0 radical (unpaired) electrons. The van der Waals surface area contributed by atoms with Crippen molar-refractivity contribution in [2.75, 3.05) is 20.1 Å². The number of carbonyl (C=O) groups excluding carboxylic acids is 1. The molecule has 4 nitrogen and oxygen atoms in total. The molecule has 1 fully saturated rings. The number of rotatable bonds is 4. The Morgan fingerprint density at radius 2 is 2.05 bits per heavy atom.